The molecule has 1 amide bonds. The lowest BCUT2D eigenvalue weighted by molar-refractivity contribution is -0.145. The van der Waals surface area contributed by atoms with Crippen LogP contribution in [0, 0.1) is 0 Å². The van der Waals surface area contributed by atoms with Gasteiger partial charge in [0.05, 0.1) is 18.8 Å². The number of hydrogen-bond donors (Lipinski definition) is 0. The summed E-state index contributed by atoms with van der Waals surface area (Å²) in [6.45, 7) is 7.29. The zero-order chi connectivity index (χ0) is 12.1. The lowest BCUT2D eigenvalue weighted by Crippen LogP contribution is -2.46. The Bertz CT molecular complexity index is 232. The molecule has 1 saturated heterocycles. The molecule has 1 aliphatic heterocycles. The summed E-state index contributed by atoms with van der Waals surface area (Å²) in [5.74, 6) is 0.108. The Hall–Kier alpha value is -0.610. The Morgan fingerprint density at radius 3 is 2.69 bits per heavy atom. The van der Waals surface area contributed by atoms with Crippen LogP contribution in [0.15, 0.2) is 0 Å². The Morgan fingerprint density at radius 2 is 2.25 bits per heavy atom. The van der Waals surface area contributed by atoms with Gasteiger partial charge in [-0.2, -0.15) is 0 Å². The molecule has 0 aromatic heterocycles. The molecule has 0 radical (unpaired) electrons. The Balaban J connectivity index is 2.55. The van der Waals surface area contributed by atoms with Crippen LogP contribution in [0.2, 0.25) is 0 Å². The summed E-state index contributed by atoms with van der Waals surface area (Å²) in [7, 11) is 1.66. The molecule has 0 spiro atoms. The molecule has 0 bridgehead atoms. The lowest BCUT2D eigenvalue weighted by Gasteiger charge is -2.29. The van der Waals surface area contributed by atoms with E-state index in [0.717, 1.165) is 12.8 Å². The minimum absolute atomic E-state index is 0.108. The highest BCUT2D eigenvalue weighted by Crippen LogP contribution is 2.21. The molecule has 4 heteroatoms. The quantitative estimate of drug-likeness (QED) is 0.716. The van der Waals surface area contributed by atoms with Crippen LogP contribution in [-0.4, -0.2) is 49.3 Å². The van der Waals surface area contributed by atoms with Gasteiger partial charge >= 0.3 is 0 Å². The second-order valence-corrected chi connectivity index (χ2v) is 4.44. The van der Waals surface area contributed by atoms with Crippen LogP contribution in [-0.2, 0) is 14.3 Å². The minimum atomic E-state index is -0.241. The number of hydrogen-bond acceptors (Lipinski definition) is 3. The van der Waals surface area contributed by atoms with Gasteiger partial charge in [-0.3, -0.25) is 4.79 Å². The van der Waals surface area contributed by atoms with E-state index in [1.807, 2.05) is 25.7 Å². The number of ether oxygens (including phenoxy) is 2. The minimum Gasteiger partial charge on any atom is -0.383 e. The Kier molecular flexibility index (Phi) is 5.22. The fraction of sp³-hybridized carbons (Fsp3) is 0.917. The molecule has 94 valence electrons. The molecule has 0 aliphatic carbocycles. The highest BCUT2D eigenvalue weighted by Gasteiger charge is 2.32. The molecule has 16 heavy (non-hydrogen) atoms. The van der Waals surface area contributed by atoms with E-state index in [9.17, 15) is 4.79 Å². The number of likely N-dealkylation sites (N-methyl/N-ethyl adjacent to an activating group) is 1. The molecule has 1 aliphatic rings. The number of amides is 1. The summed E-state index contributed by atoms with van der Waals surface area (Å²) in [6, 6.07) is 0.113. The third-order valence-corrected chi connectivity index (χ3v) is 3.07. The van der Waals surface area contributed by atoms with Crippen LogP contribution in [0.1, 0.15) is 33.6 Å². The highest BCUT2D eigenvalue weighted by atomic mass is 16.5. The number of methoxy groups -OCH3 is 1. The van der Waals surface area contributed by atoms with Gasteiger partial charge in [-0.05, 0) is 33.6 Å². The third kappa shape index (κ3) is 3.19. The lowest BCUT2D eigenvalue weighted by atomic mass is 10.1. The van der Waals surface area contributed by atoms with Gasteiger partial charge in [-0.25, -0.2) is 0 Å². The van der Waals surface area contributed by atoms with Crippen molar-refractivity contribution in [1.29, 1.82) is 0 Å². The van der Waals surface area contributed by atoms with Gasteiger partial charge < -0.3 is 14.4 Å². The molecule has 0 N–H and O–H groups in total. The van der Waals surface area contributed by atoms with Crippen LogP contribution >= 0.6 is 0 Å². The van der Waals surface area contributed by atoms with Crippen molar-refractivity contribution in [2.45, 2.75) is 51.9 Å². The summed E-state index contributed by atoms with van der Waals surface area (Å²) in [6.07, 6.45) is 1.79. The topological polar surface area (TPSA) is 38.8 Å². The maximum absolute atomic E-state index is 12.2. The summed E-state index contributed by atoms with van der Waals surface area (Å²) in [5, 5.41) is 0. The van der Waals surface area contributed by atoms with Gasteiger partial charge in [0.15, 0.2) is 0 Å². The number of nitrogens with zero attached hydrogens (tertiary/aromatic N) is 1. The van der Waals surface area contributed by atoms with Gasteiger partial charge in [0.2, 0.25) is 0 Å². The molecule has 1 fully saturated rings. The smallest absolute Gasteiger partial charge is 0.252 e. The van der Waals surface area contributed by atoms with E-state index in [2.05, 4.69) is 0 Å². The molecule has 3 atom stereocenters. The van der Waals surface area contributed by atoms with Crippen molar-refractivity contribution < 1.29 is 14.3 Å². The highest BCUT2D eigenvalue weighted by molar-refractivity contribution is 5.81. The summed E-state index contributed by atoms with van der Waals surface area (Å²) < 4.78 is 10.7. The Labute approximate surface area is 97.9 Å². The predicted octanol–water partition coefficient (Wildman–Crippen LogP) is 1.44. The van der Waals surface area contributed by atoms with E-state index in [4.69, 9.17) is 9.47 Å². The first-order chi connectivity index (χ1) is 7.60. The normalized spacial score (nSPS) is 26.8. The summed E-state index contributed by atoms with van der Waals surface area (Å²) in [5.41, 5.74) is 0. The van der Waals surface area contributed by atoms with Gasteiger partial charge in [-0.1, -0.05) is 0 Å². The van der Waals surface area contributed by atoms with Gasteiger partial charge in [0, 0.05) is 13.7 Å². The van der Waals surface area contributed by atoms with E-state index >= 15 is 0 Å². The average Bonchev–Trinajstić information content (AvgIpc) is 2.66. The monoisotopic (exact) mass is 229 g/mol. The number of rotatable bonds is 5. The first kappa shape index (κ1) is 13.5. The standard InChI is InChI=1S/C12H23NO3/c1-5-13(9(2)8-15-4)12(14)11-7-6-10(3)16-11/h9-11H,5-8H2,1-4H3. The van der Waals surface area contributed by atoms with Crippen LogP contribution < -0.4 is 0 Å². The second kappa shape index (κ2) is 6.21. The zero-order valence-electron chi connectivity index (χ0n) is 10.7. The average molecular weight is 229 g/mol. The maximum atomic E-state index is 12.2. The third-order valence-electron chi connectivity index (χ3n) is 3.07. The molecule has 3 unspecified atom stereocenters. The van der Waals surface area contributed by atoms with Gasteiger partial charge in [0.25, 0.3) is 5.91 Å². The van der Waals surface area contributed by atoms with E-state index in [-0.39, 0.29) is 24.2 Å². The van der Waals surface area contributed by atoms with Crippen LogP contribution in [0.3, 0.4) is 0 Å². The Morgan fingerprint density at radius 1 is 1.56 bits per heavy atom. The fourth-order valence-electron chi connectivity index (χ4n) is 2.19. The van der Waals surface area contributed by atoms with Crippen molar-refractivity contribution in [3.63, 3.8) is 0 Å². The van der Waals surface area contributed by atoms with E-state index in [1.165, 1.54) is 0 Å². The van der Waals surface area contributed by atoms with E-state index in [1.54, 1.807) is 7.11 Å². The van der Waals surface area contributed by atoms with E-state index in [0.29, 0.717) is 13.2 Å². The molecular weight excluding hydrogens is 206 g/mol. The van der Waals surface area contributed by atoms with Crippen molar-refractivity contribution in [3.8, 4) is 0 Å². The maximum Gasteiger partial charge on any atom is 0.252 e. The van der Waals surface area contributed by atoms with Crippen LogP contribution in [0.25, 0.3) is 0 Å². The summed E-state index contributed by atoms with van der Waals surface area (Å²) in [4.78, 5) is 14.0. The first-order valence-electron chi connectivity index (χ1n) is 6.05. The second-order valence-electron chi connectivity index (χ2n) is 4.44. The van der Waals surface area contributed by atoms with Crippen molar-refractivity contribution in [3.05, 3.63) is 0 Å². The van der Waals surface area contributed by atoms with Crippen molar-refractivity contribution >= 4 is 5.91 Å². The molecule has 1 heterocycles. The summed E-state index contributed by atoms with van der Waals surface area (Å²) >= 11 is 0. The first-order valence-corrected chi connectivity index (χ1v) is 6.05. The predicted molar refractivity (Wildman–Crippen MR) is 62.3 cm³/mol. The molecule has 0 saturated carbocycles. The largest absolute Gasteiger partial charge is 0.383 e. The number of carbonyl (C=O) groups is 1. The molecule has 0 aromatic rings. The van der Waals surface area contributed by atoms with Crippen molar-refractivity contribution in [2.24, 2.45) is 0 Å². The van der Waals surface area contributed by atoms with Crippen molar-refractivity contribution in [1.82, 2.24) is 4.90 Å². The fourth-order valence-corrected chi connectivity index (χ4v) is 2.19. The van der Waals surface area contributed by atoms with Crippen LogP contribution in [0.4, 0.5) is 0 Å². The van der Waals surface area contributed by atoms with E-state index < -0.39 is 0 Å². The van der Waals surface area contributed by atoms with Gasteiger partial charge in [0.1, 0.15) is 6.10 Å². The molecule has 4 nitrogen and oxygen atoms in total. The molecule has 0 aromatic carbocycles. The molecular formula is C12H23NO3. The number of carbonyl (C=O) groups excluding carboxylic acids is 1. The van der Waals surface area contributed by atoms with Gasteiger partial charge in [-0.15, -0.1) is 0 Å². The molecule has 1 rings (SSSR count). The van der Waals surface area contributed by atoms with Crippen LogP contribution in [0.5, 0.6) is 0 Å². The zero-order valence-corrected chi connectivity index (χ0v) is 10.7. The van der Waals surface area contributed by atoms with Crippen molar-refractivity contribution in [2.75, 3.05) is 20.3 Å². The SMILES string of the molecule is CCN(C(=O)C1CCC(C)O1)C(C)COC.